The molecule has 0 saturated heterocycles. The van der Waals surface area contributed by atoms with E-state index in [9.17, 15) is 14.4 Å². The Morgan fingerprint density at radius 2 is 1.44 bits per heavy atom. The van der Waals surface area contributed by atoms with Crippen LogP contribution in [0.1, 0.15) is 31.1 Å². The molecule has 7 nitrogen and oxygen atoms in total. The van der Waals surface area contributed by atoms with Crippen molar-refractivity contribution in [2.45, 2.75) is 0 Å². The number of hydrogen-bond acceptors (Lipinski definition) is 5. The quantitative estimate of drug-likeness (QED) is 0.526. The fourth-order valence-electron chi connectivity index (χ4n) is 3.33. The Morgan fingerprint density at radius 3 is 1.97 bits per heavy atom. The van der Waals surface area contributed by atoms with Crippen molar-refractivity contribution in [3.05, 3.63) is 81.3 Å². The molecule has 1 heterocycles. The molecule has 3 aromatic rings. The number of carbonyl (C=O) groups excluding carboxylic acids is 3. The van der Waals surface area contributed by atoms with Crippen LogP contribution in [0.3, 0.4) is 0 Å². The van der Waals surface area contributed by atoms with Gasteiger partial charge in [0.15, 0.2) is 0 Å². The molecule has 0 aromatic heterocycles. The average molecular weight is 471 g/mol. The second-order valence-corrected chi connectivity index (χ2v) is 7.64. The smallest absolute Gasteiger partial charge is 0.266 e. The molecule has 3 aromatic carbocycles. The maximum absolute atomic E-state index is 12.8. The first-order valence-electron chi connectivity index (χ1n) is 9.35. The second-order valence-electron chi connectivity index (χ2n) is 6.82. The molecule has 32 heavy (non-hydrogen) atoms. The molecule has 0 atom stereocenters. The summed E-state index contributed by atoms with van der Waals surface area (Å²) in [7, 11) is 3.02. The molecule has 1 aliphatic heterocycles. The van der Waals surface area contributed by atoms with Crippen LogP contribution in [-0.4, -0.2) is 31.9 Å². The Balaban J connectivity index is 1.56. The van der Waals surface area contributed by atoms with Crippen molar-refractivity contribution in [1.29, 1.82) is 0 Å². The van der Waals surface area contributed by atoms with E-state index in [4.69, 9.17) is 32.7 Å². The summed E-state index contributed by atoms with van der Waals surface area (Å²) in [5, 5.41) is 3.14. The van der Waals surface area contributed by atoms with Gasteiger partial charge in [0.05, 0.1) is 46.8 Å². The number of nitrogens with one attached hydrogen (secondary N) is 1. The number of methoxy groups -OCH3 is 2. The topological polar surface area (TPSA) is 84.9 Å². The highest BCUT2D eigenvalue weighted by atomic mass is 35.5. The van der Waals surface area contributed by atoms with Crippen LogP contribution in [0.5, 0.6) is 11.5 Å². The zero-order chi connectivity index (χ0) is 23.0. The van der Waals surface area contributed by atoms with Crippen LogP contribution in [0, 0.1) is 0 Å². The lowest BCUT2D eigenvalue weighted by atomic mass is 10.1. The van der Waals surface area contributed by atoms with Crippen molar-refractivity contribution in [1.82, 2.24) is 0 Å². The van der Waals surface area contributed by atoms with Gasteiger partial charge in [0.25, 0.3) is 17.7 Å². The number of ether oxygens (including phenoxy) is 2. The summed E-state index contributed by atoms with van der Waals surface area (Å²) < 4.78 is 10.4. The molecule has 4 rings (SSSR count). The van der Waals surface area contributed by atoms with Crippen molar-refractivity contribution >= 4 is 52.3 Å². The fourth-order valence-corrected chi connectivity index (χ4v) is 3.65. The molecule has 162 valence electrons. The van der Waals surface area contributed by atoms with Gasteiger partial charge in [-0.05, 0) is 48.5 Å². The lowest BCUT2D eigenvalue weighted by Gasteiger charge is -2.15. The Labute approximate surface area is 193 Å². The number of rotatable bonds is 5. The first kappa shape index (κ1) is 21.7. The van der Waals surface area contributed by atoms with E-state index in [2.05, 4.69) is 5.32 Å². The van der Waals surface area contributed by atoms with Gasteiger partial charge in [-0.3, -0.25) is 14.4 Å². The van der Waals surface area contributed by atoms with Gasteiger partial charge in [-0.2, -0.15) is 0 Å². The molecule has 0 radical (unpaired) electrons. The molecule has 0 fully saturated rings. The minimum atomic E-state index is -0.510. The van der Waals surface area contributed by atoms with Gasteiger partial charge in [-0.1, -0.05) is 23.2 Å². The van der Waals surface area contributed by atoms with Crippen LogP contribution in [0.4, 0.5) is 11.4 Å². The highest BCUT2D eigenvalue weighted by Gasteiger charge is 2.37. The third-order valence-electron chi connectivity index (χ3n) is 4.97. The third-order valence-corrected chi connectivity index (χ3v) is 5.69. The first-order valence-corrected chi connectivity index (χ1v) is 10.1. The lowest BCUT2D eigenvalue weighted by molar-refractivity contribution is 0.0925. The van der Waals surface area contributed by atoms with E-state index in [1.54, 1.807) is 18.2 Å². The maximum Gasteiger partial charge on any atom is 0.266 e. The van der Waals surface area contributed by atoms with E-state index in [1.807, 2.05) is 0 Å². The molecule has 1 aliphatic rings. The zero-order valence-corrected chi connectivity index (χ0v) is 18.5. The van der Waals surface area contributed by atoms with E-state index in [0.29, 0.717) is 28.4 Å². The Morgan fingerprint density at radius 1 is 0.844 bits per heavy atom. The Kier molecular flexibility index (Phi) is 5.78. The van der Waals surface area contributed by atoms with E-state index >= 15 is 0 Å². The first-order chi connectivity index (χ1) is 15.3. The average Bonchev–Trinajstić information content (AvgIpc) is 3.03. The van der Waals surface area contributed by atoms with Gasteiger partial charge in [-0.15, -0.1) is 0 Å². The molecule has 0 bridgehead atoms. The SMILES string of the molecule is COc1ccc(NC(=O)c2ccc(N3C(=O)c4cc(Cl)c(Cl)cc4C3=O)cc2)c(OC)c1. The van der Waals surface area contributed by atoms with Gasteiger partial charge >= 0.3 is 0 Å². The molecule has 9 heteroatoms. The largest absolute Gasteiger partial charge is 0.497 e. The van der Waals surface area contributed by atoms with Crippen LogP contribution in [0.15, 0.2) is 54.6 Å². The molecular formula is C23H16Cl2N2O5. The van der Waals surface area contributed by atoms with Crippen LogP contribution in [0.2, 0.25) is 10.0 Å². The van der Waals surface area contributed by atoms with Gasteiger partial charge in [0.2, 0.25) is 0 Å². The summed E-state index contributed by atoms with van der Waals surface area (Å²) in [6.07, 6.45) is 0. The normalized spacial score (nSPS) is 12.6. The lowest BCUT2D eigenvalue weighted by Crippen LogP contribution is -2.29. The van der Waals surface area contributed by atoms with Crippen molar-refractivity contribution in [2.75, 3.05) is 24.4 Å². The molecular weight excluding hydrogens is 455 g/mol. The summed E-state index contributed by atoms with van der Waals surface area (Å²) >= 11 is 12.0. The Bertz CT molecular complexity index is 1220. The van der Waals surface area contributed by atoms with Gasteiger partial charge < -0.3 is 14.8 Å². The van der Waals surface area contributed by atoms with Crippen molar-refractivity contribution in [2.24, 2.45) is 0 Å². The Hall–Kier alpha value is -3.55. The highest BCUT2D eigenvalue weighted by Crippen LogP contribution is 2.34. The minimum Gasteiger partial charge on any atom is -0.497 e. The minimum absolute atomic E-state index is 0.179. The number of imide groups is 1. The second kappa shape index (κ2) is 8.53. The van der Waals surface area contributed by atoms with E-state index in [0.717, 1.165) is 4.90 Å². The molecule has 3 amide bonds. The van der Waals surface area contributed by atoms with Gasteiger partial charge in [-0.25, -0.2) is 4.90 Å². The van der Waals surface area contributed by atoms with Crippen molar-refractivity contribution in [3.63, 3.8) is 0 Å². The number of benzene rings is 3. The van der Waals surface area contributed by atoms with Gasteiger partial charge in [0, 0.05) is 11.6 Å². The summed E-state index contributed by atoms with van der Waals surface area (Å²) in [4.78, 5) is 39.2. The van der Waals surface area contributed by atoms with E-state index in [-0.39, 0.29) is 27.1 Å². The van der Waals surface area contributed by atoms with Crippen molar-refractivity contribution < 1.29 is 23.9 Å². The third kappa shape index (κ3) is 3.77. The number of nitrogens with zero attached hydrogens (tertiary/aromatic N) is 1. The van der Waals surface area contributed by atoms with E-state index in [1.165, 1.54) is 50.6 Å². The summed E-state index contributed by atoms with van der Waals surface area (Å²) in [5.74, 6) is -0.376. The van der Waals surface area contributed by atoms with Crippen LogP contribution in [-0.2, 0) is 0 Å². The number of amides is 3. The summed E-state index contributed by atoms with van der Waals surface area (Å²) in [6.45, 7) is 0. The van der Waals surface area contributed by atoms with Crippen LogP contribution in [0.25, 0.3) is 0 Å². The fraction of sp³-hybridized carbons (Fsp3) is 0.0870. The van der Waals surface area contributed by atoms with Gasteiger partial charge in [0.1, 0.15) is 11.5 Å². The molecule has 0 aliphatic carbocycles. The standard InChI is InChI=1S/C23H16Cl2N2O5/c1-31-14-7-8-19(20(9-14)32-2)26-21(28)12-3-5-13(6-4-12)27-22(29)15-10-17(24)18(25)11-16(15)23(27)30/h3-11H,1-2H3,(H,26,28). The molecule has 1 N–H and O–H groups in total. The molecule has 0 saturated carbocycles. The summed E-state index contributed by atoms with van der Waals surface area (Å²) in [5.41, 5.74) is 1.48. The number of anilines is 2. The number of carbonyl (C=O) groups is 3. The van der Waals surface area contributed by atoms with E-state index < -0.39 is 11.8 Å². The van der Waals surface area contributed by atoms with Crippen LogP contribution >= 0.6 is 23.2 Å². The predicted molar refractivity (Wildman–Crippen MR) is 122 cm³/mol. The van der Waals surface area contributed by atoms with Crippen LogP contribution < -0.4 is 19.7 Å². The maximum atomic E-state index is 12.8. The number of fused-ring (bicyclic) bond motifs is 1. The molecule has 0 unspecified atom stereocenters. The monoisotopic (exact) mass is 470 g/mol. The number of hydrogen-bond donors (Lipinski definition) is 1. The highest BCUT2D eigenvalue weighted by molar-refractivity contribution is 6.44. The predicted octanol–water partition coefficient (Wildman–Crippen LogP) is 5.06. The molecule has 0 spiro atoms. The number of halogens is 2. The van der Waals surface area contributed by atoms with Crippen molar-refractivity contribution in [3.8, 4) is 11.5 Å². The summed E-state index contributed by atoms with van der Waals surface area (Å²) in [6, 6.07) is 13.8. The zero-order valence-electron chi connectivity index (χ0n) is 16.9.